The van der Waals surface area contributed by atoms with Crippen molar-refractivity contribution in [2.24, 2.45) is 0 Å². The highest BCUT2D eigenvalue weighted by Crippen LogP contribution is 2.19. The van der Waals surface area contributed by atoms with Crippen LogP contribution in [-0.2, 0) is 11.3 Å². The van der Waals surface area contributed by atoms with Crippen LogP contribution in [0, 0.1) is 0 Å². The van der Waals surface area contributed by atoms with E-state index in [4.69, 9.17) is 0 Å². The van der Waals surface area contributed by atoms with Crippen LogP contribution in [-0.4, -0.2) is 30.4 Å². The Morgan fingerprint density at radius 1 is 1.53 bits per heavy atom. The van der Waals surface area contributed by atoms with Crippen LogP contribution in [0.1, 0.15) is 24.1 Å². The van der Waals surface area contributed by atoms with Crippen LogP contribution in [0.15, 0.2) is 15.9 Å². The third-order valence-electron chi connectivity index (χ3n) is 2.87. The van der Waals surface area contributed by atoms with E-state index in [9.17, 15) is 4.79 Å². The first-order valence-electron chi connectivity index (χ1n) is 5.97. The van der Waals surface area contributed by atoms with Crippen molar-refractivity contribution in [3.8, 4) is 0 Å². The zero-order chi connectivity index (χ0) is 12.1. The van der Waals surface area contributed by atoms with Crippen LogP contribution in [0.3, 0.4) is 0 Å². The van der Waals surface area contributed by atoms with Crippen LogP contribution < -0.4 is 5.32 Å². The summed E-state index contributed by atoms with van der Waals surface area (Å²) in [6.07, 6.45) is 2.82. The Labute approximate surface area is 114 Å². The van der Waals surface area contributed by atoms with Gasteiger partial charge in [-0.3, -0.25) is 4.79 Å². The molecule has 3 nitrogen and oxygen atoms in total. The Morgan fingerprint density at radius 3 is 3.06 bits per heavy atom. The molecule has 1 aliphatic rings. The van der Waals surface area contributed by atoms with E-state index < -0.39 is 0 Å². The van der Waals surface area contributed by atoms with Gasteiger partial charge < -0.3 is 10.2 Å². The second kappa shape index (κ2) is 6.52. The smallest absolute Gasteiger partial charge is 0.222 e. The van der Waals surface area contributed by atoms with Crippen molar-refractivity contribution < 1.29 is 4.79 Å². The van der Waals surface area contributed by atoms with E-state index in [2.05, 4.69) is 32.7 Å². The number of nitrogens with one attached hydrogen (secondary N) is 1. The molecule has 1 amide bonds. The van der Waals surface area contributed by atoms with E-state index in [0.29, 0.717) is 5.91 Å². The number of likely N-dealkylation sites (tertiary alicyclic amines) is 1. The van der Waals surface area contributed by atoms with Crippen LogP contribution in [0.4, 0.5) is 0 Å². The van der Waals surface area contributed by atoms with Gasteiger partial charge in [0.05, 0.1) is 0 Å². The number of carbonyl (C=O) groups excluding carboxylic acids is 1. The van der Waals surface area contributed by atoms with Gasteiger partial charge in [0.25, 0.3) is 0 Å². The summed E-state index contributed by atoms with van der Waals surface area (Å²) in [7, 11) is 0. The molecule has 0 saturated carbocycles. The summed E-state index contributed by atoms with van der Waals surface area (Å²) < 4.78 is 1.15. The highest BCUT2D eigenvalue weighted by atomic mass is 79.9. The molecule has 0 atom stereocenters. The summed E-state index contributed by atoms with van der Waals surface area (Å²) >= 11 is 5.20. The summed E-state index contributed by atoms with van der Waals surface area (Å²) in [5, 5.41) is 5.50. The molecule has 0 spiro atoms. The van der Waals surface area contributed by atoms with Crippen molar-refractivity contribution in [3.63, 3.8) is 0 Å². The van der Waals surface area contributed by atoms with Crippen LogP contribution >= 0.6 is 27.3 Å². The lowest BCUT2D eigenvalue weighted by molar-refractivity contribution is -0.127. The topological polar surface area (TPSA) is 32.3 Å². The number of halogens is 1. The minimum atomic E-state index is 0.326. The van der Waals surface area contributed by atoms with Gasteiger partial charge in [-0.25, -0.2) is 0 Å². The van der Waals surface area contributed by atoms with Crippen LogP contribution in [0.2, 0.25) is 0 Å². The van der Waals surface area contributed by atoms with E-state index >= 15 is 0 Å². The first-order valence-corrected chi connectivity index (χ1v) is 7.64. The van der Waals surface area contributed by atoms with Gasteiger partial charge in [-0.1, -0.05) is 0 Å². The van der Waals surface area contributed by atoms with Crippen molar-refractivity contribution in [2.45, 2.75) is 25.8 Å². The lowest BCUT2D eigenvalue weighted by atomic mass is 10.3. The molecule has 1 aliphatic heterocycles. The maximum Gasteiger partial charge on any atom is 0.222 e. The molecule has 2 rings (SSSR count). The molecule has 0 unspecified atom stereocenters. The summed E-state index contributed by atoms with van der Waals surface area (Å²) in [5.74, 6) is 0.326. The molecule has 94 valence electrons. The van der Waals surface area contributed by atoms with E-state index in [1.54, 1.807) is 11.3 Å². The maximum atomic E-state index is 11.4. The number of thiophene rings is 1. The molecule has 1 fully saturated rings. The number of rotatable bonds is 6. The number of nitrogens with zero attached hydrogens (tertiary/aromatic N) is 1. The van der Waals surface area contributed by atoms with Gasteiger partial charge in [0.1, 0.15) is 0 Å². The summed E-state index contributed by atoms with van der Waals surface area (Å²) in [4.78, 5) is 14.7. The molecule has 0 radical (unpaired) electrons. The Morgan fingerprint density at radius 2 is 2.41 bits per heavy atom. The normalized spacial score (nSPS) is 15.8. The molecular weight excluding hydrogens is 300 g/mol. The van der Waals surface area contributed by atoms with Crippen LogP contribution in [0.5, 0.6) is 0 Å². The standard InChI is InChI=1S/C12H17BrN2OS/c13-10-7-11(17-9-10)8-14-4-2-6-15-5-1-3-12(15)16/h7,9,14H,1-6,8H2. The zero-order valence-electron chi connectivity index (χ0n) is 9.75. The molecular formula is C12H17BrN2OS. The molecule has 5 heteroatoms. The highest BCUT2D eigenvalue weighted by Gasteiger charge is 2.18. The number of amides is 1. The average Bonchev–Trinajstić information content (AvgIpc) is 2.88. The molecule has 2 heterocycles. The van der Waals surface area contributed by atoms with Gasteiger partial charge in [0.2, 0.25) is 5.91 Å². The zero-order valence-corrected chi connectivity index (χ0v) is 12.1. The Bertz CT molecular complexity index is 380. The van der Waals surface area contributed by atoms with Crippen molar-refractivity contribution in [1.82, 2.24) is 10.2 Å². The molecule has 1 aromatic heterocycles. The van der Waals surface area contributed by atoms with Gasteiger partial charge in [0.15, 0.2) is 0 Å². The first kappa shape index (κ1) is 13.1. The predicted octanol–water partition coefficient (Wildman–Crippen LogP) is 2.61. The van der Waals surface area contributed by atoms with E-state index in [-0.39, 0.29) is 0 Å². The van der Waals surface area contributed by atoms with E-state index in [1.165, 1.54) is 4.88 Å². The van der Waals surface area contributed by atoms with Gasteiger partial charge in [-0.2, -0.15) is 0 Å². The van der Waals surface area contributed by atoms with Crippen molar-refractivity contribution in [2.75, 3.05) is 19.6 Å². The fraction of sp³-hybridized carbons (Fsp3) is 0.583. The fourth-order valence-corrected chi connectivity index (χ4v) is 3.41. The van der Waals surface area contributed by atoms with Gasteiger partial charge in [-0.05, 0) is 41.4 Å². The summed E-state index contributed by atoms with van der Waals surface area (Å²) in [6.45, 7) is 3.75. The minimum Gasteiger partial charge on any atom is -0.343 e. The third kappa shape index (κ3) is 4.08. The first-order chi connectivity index (χ1) is 8.25. The molecule has 0 aliphatic carbocycles. The SMILES string of the molecule is O=C1CCCN1CCCNCc1cc(Br)cs1. The Balaban J connectivity index is 1.56. The summed E-state index contributed by atoms with van der Waals surface area (Å²) in [5.41, 5.74) is 0. The molecule has 1 saturated heterocycles. The Hall–Kier alpha value is -0.390. The Kier molecular flexibility index (Phi) is 5.00. The quantitative estimate of drug-likeness (QED) is 0.818. The second-order valence-corrected chi connectivity index (χ2v) is 6.16. The number of carbonyl (C=O) groups is 1. The van der Waals surface area contributed by atoms with Gasteiger partial charge in [-0.15, -0.1) is 11.3 Å². The number of hydrogen-bond donors (Lipinski definition) is 1. The largest absolute Gasteiger partial charge is 0.343 e. The van der Waals surface area contributed by atoms with Crippen molar-refractivity contribution in [3.05, 3.63) is 20.8 Å². The second-order valence-electron chi connectivity index (χ2n) is 4.25. The fourth-order valence-electron chi connectivity index (χ4n) is 1.99. The molecule has 0 bridgehead atoms. The molecule has 0 aromatic carbocycles. The predicted molar refractivity (Wildman–Crippen MR) is 74.2 cm³/mol. The maximum absolute atomic E-state index is 11.4. The lowest BCUT2D eigenvalue weighted by Gasteiger charge is -2.15. The van der Waals surface area contributed by atoms with Gasteiger partial charge >= 0.3 is 0 Å². The molecule has 17 heavy (non-hydrogen) atoms. The average molecular weight is 317 g/mol. The molecule has 1 aromatic rings. The molecule has 1 N–H and O–H groups in total. The van der Waals surface area contributed by atoms with Gasteiger partial charge in [0, 0.05) is 40.8 Å². The third-order valence-corrected chi connectivity index (χ3v) is 4.57. The minimum absolute atomic E-state index is 0.326. The van der Waals surface area contributed by atoms with Crippen LogP contribution in [0.25, 0.3) is 0 Å². The van der Waals surface area contributed by atoms with E-state index in [0.717, 1.165) is 49.9 Å². The summed E-state index contributed by atoms with van der Waals surface area (Å²) in [6, 6.07) is 2.14. The van der Waals surface area contributed by atoms with E-state index in [1.807, 2.05) is 4.90 Å². The lowest BCUT2D eigenvalue weighted by Crippen LogP contribution is -2.28. The number of hydrogen-bond acceptors (Lipinski definition) is 3. The van der Waals surface area contributed by atoms with Crippen molar-refractivity contribution >= 4 is 33.2 Å². The monoisotopic (exact) mass is 316 g/mol. The van der Waals surface area contributed by atoms with Crippen molar-refractivity contribution in [1.29, 1.82) is 0 Å². The highest BCUT2D eigenvalue weighted by molar-refractivity contribution is 9.10.